The van der Waals surface area contributed by atoms with E-state index in [1.807, 2.05) is 38.1 Å². The SMILES string of the molecule is CC(C)Oc1ccc(CCCNC(=O)CN(c2ccc3c(c2)OCCO3)S(C)(=O)=O)cc1. The molecule has 1 aliphatic rings. The number of carbonyl (C=O) groups excluding carboxylic acids is 1. The third-order valence-corrected chi connectivity index (χ3v) is 5.90. The molecule has 2 aromatic carbocycles. The van der Waals surface area contributed by atoms with E-state index in [0.29, 0.717) is 36.9 Å². The molecule has 0 aliphatic carbocycles. The van der Waals surface area contributed by atoms with Gasteiger partial charge in [0, 0.05) is 12.6 Å². The van der Waals surface area contributed by atoms with Gasteiger partial charge in [-0.3, -0.25) is 9.10 Å². The smallest absolute Gasteiger partial charge is 0.240 e. The fourth-order valence-corrected chi connectivity index (χ4v) is 4.15. The molecule has 1 N–H and O–H groups in total. The van der Waals surface area contributed by atoms with Crippen LogP contribution in [0, 0.1) is 0 Å². The number of amides is 1. The molecule has 1 aliphatic heterocycles. The zero-order valence-corrected chi connectivity index (χ0v) is 19.5. The van der Waals surface area contributed by atoms with E-state index in [9.17, 15) is 13.2 Å². The van der Waals surface area contributed by atoms with Crippen molar-refractivity contribution in [3.05, 3.63) is 48.0 Å². The molecule has 0 fully saturated rings. The first-order valence-electron chi connectivity index (χ1n) is 10.6. The Bertz CT molecular complexity index is 1020. The third kappa shape index (κ3) is 6.78. The van der Waals surface area contributed by atoms with Crippen LogP contribution in [0.15, 0.2) is 42.5 Å². The number of nitrogens with one attached hydrogen (secondary N) is 1. The van der Waals surface area contributed by atoms with Gasteiger partial charge in [0.2, 0.25) is 15.9 Å². The number of nitrogens with zero attached hydrogens (tertiary/aromatic N) is 1. The Hall–Kier alpha value is -2.94. The first-order valence-corrected chi connectivity index (χ1v) is 12.5. The molecule has 0 saturated carbocycles. The second kappa shape index (κ2) is 10.6. The highest BCUT2D eigenvalue weighted by molar-refractivity contribution is 7.92. The molecule has 0 spiro atoms. The average Bonchev–Trinajstić information content (AvgIpc) is 2.74. The Labute approximate surface area is 189 Å². The molecule has 1 amide bonds. The molecule has 0 aromatic heterocycles. The van der Waals surface area contributed by atoms with Crippen LogP contribution in [0.5, 0.6) is 17.2 Å². The first-order chi connectivity index (χ1) is 15.2. The summed E-state index contributed by atoms with van der Waals surface area (Å²) in [4.78, 5) is 12.4. The lowest BCUT2D eigenvalue weighted by molar-refractivity contribution is -0.119. The van der Waals surface area contributed by atoms with Crippen molar-refractivity contribution < 1.29 is 27.4 Å². The first kappa shape index (κ1) is 23.7. The highest BCUT2D eigenvalue weighted by Gasteiger charge is 2.23. The summed E-state index contributed by atoms with van der Waals surface area (Å²) in [6.07, 6.45) is 2.73. The number of hydrogen-bond acceptors (Lipinski definition) is 6. The van der Waals surface area contributed by atoms with Crippen LogP contribution in [-0.2, 0) is 21.2 Å². The zero-order valence-electron chi connectivity index (χ0n) is 18.7. The Kier molecular flexibility index (Phi) is 7.84. The molecule has 0 atom stereocenters. The number of rotatable bonds is 10. The van der Waals surface area contributed by atoms with Crippen LogP contribution in [0.25, 0.3) is 0 Å². The van der Waals surface area contributed by atoms with Crippen molar-refractivity contribution in [2.45, 2.75) is 32.8 Å². The average molecular weight is 463 g/mol. The van der Waals surface area contributed by atoms with Gasteiger partial charge in [-0.1, -0.05) is 12.1 Å². The van der Waals surface area contributed by atoms with E-state index in [-0.39, 0.29) is 18.6 Å². The molecule has 2 aromatic rings. The van der Waals surface area contributed by atoms with Gasteiger partial charge in [0.05, 0.1) is 18.0 Å². The minimum Gasteiger partial charge on any atom is -0.491 e. The molecule has 0 saturated heterocycles. The molecule has 174 valence electrons. The van der Waals surface area contributed by atoms with Gasteiger partial charge in [-0.15, -0.1) is 0 Å². The Morgan fingerprint density at radius 1 is 1.09 bits per heavy atom. The predicted molar refractivity (Wildman–Crippen MR) is 123 cm³/mol. The van der Waals surface area contributed by atoms with E-state index in [4.69, 9.17) is 14.2 Å². The number of hydrogen-bond donors (Lipinski definition) is 1. The summed E-state index contributed by atoms with van der Waals surface area (Å²) >= 11 is 0. The zero-order chi connectivity index (χ0) is 23.1. The number of carbonyl (C=O) groups is 1. The van der Waals surface area contributed by atoms with Crippen LogP contribution in [0.4, 0.5) is 5.69 Å². The summed E-state index contributed by atoms with van der Waals surface area (Å²) in [5.74, 6) is 1.48. The summed E-state index contributed by atoms with van der Waals surface area (Å²) in [5, 5.41) is 2.80. The lowest BCUT2D eigenvalue weighted by Crippen LogP contribution is -2.40. The Morgan fingerprint density at radius 2 is 1.78 bits per heavy atom. The van der Waals surface area contributed by atoms with Crippen molar-refractivity contribution in [3.8, 4) is 17.2 Å². The number of ether oxygens (including phenoxy) is 3. The Balaban J connectivity index is 1.51. The Morgan fingerprint density at radius 3 is 2.44 bits per heavy atom. The monoisotopic (exact) mass is 462 g/mol. The lowest BCUT2D eigenvalue weighted by Gasteiger charge is -2.24. The van der Waals surface area contributed by atoms with Gasteiger partial charge >= 0.3 is 0 Å². The molecule has 0 bridgehead atoms. The molecule has 3 rings (SSSR count). The summed E-state index contributed by atoms with van der Waals surface area (Å²) in [6, 6.07) is 12.7. The normalized spacial score (nSPS) is 13.0. The summed E-state index contributed by atoms with van der Waals surface area (Å²) in [5.41, 5.74) is 1.50. The molecular weight excluding hydrogens is 432 g/mol. The van der Waals surface area contributed by atoms with Gasteiger partial charge in [0.15, 0.2) is 11.5 Å². The number of anilines is 1. The van der Waals surface area contributed by atoms with Crippen LogP contribution in [0.1, 0.15) is 25.8 Å². The molecule has 0 unspecified atom stereocenters. The molecule has 9 heteroatoms. The molecule has 32 heavy (non-hydrogen) atoms. The van der Waals surface area contributed by atoms with Crippen LogP contribution >= 0.6 is 0 Å². The quantitative estimate of drug-likeness (QED) is 0.546. The minimum absolute atomic E-state index is 0.129. The van der Waals surface area contributed by atoms with Crippen molar-refractivity contribution in [1.82, 2.24) is 5.32 Å². The number of sulfonamides is 1. The van der Waals surface area contributed by atoms with Gasteiger partial charge in [0.1, 0.15) is 25.5 Å². The van der Waals surface area contributed by atoms with E-state index in [0.717, 1.165) is 34.7 Å². The van der Waals surface area contributed by atoms with Gasteiger partial charge in [-0.25, -0.2) is 8.42 Å². The standard InChI is InChI=1S/C23H30N2O6S/c1-17(2)31-20-9-6-18(7-10-20)5-4-12-24-23(26)16-25(32(3,27)28)19-8-11-21-22(15-19)30-14-13-29-21/h6-11,15,17H,4-5,12-14,16H2,1-3H3,(H,24,26). The molecular formula is C23H30N2O6S. The van der Waals surface area contributed by atoms with E-state index in [1.54, 1.807) is 18.2 Å². The molecule has 0 radical (unpaired) electrons. The largest absolute Gasteiger partial charge is 0.491 e. The van der Waals surface area contributed by atoms with Gasteiger partial charge in [-0.2, -0.15) is 0 Å². The summed E-state index contributed by atoms with van der Waals surface area (Å²) in [6.45, 7) is 4.94. The highest BCUT2D eigenvalue weighted by atomic mass is 32.2. The summed E-state index contributed by atoms with van der Waals surface area (Å²) < 4.78 is 42.3. The van der Waals surface area contributed by atoms with Crippen molar-refractivity contribution >= 4 is 21.6 Å². The van der Waals surface area contributed by atoms with Crippen LogP contribution in [0.2, 0.25) is 0 Å². The van der Waals surface area contributed by atoms with E-state index in [2.05, 4.69) is 5.32 Å². The van der Waals surface area contributed by atoms with Crippen molar-refractivity contribution in [3.63, 3.8) is 0 Å². The topological polar surface area (TPSA) is 94.2 Å². The summed E-state index contributed by atoms with van der Waals surface area (Å²) in [7, 11) is -3.66. The molecule has 1 heterocycles. The lowest BCUT2D eigenvalue weighted by atomic mass is 10.1. The number of benzene rings is 2. The number of aryl methyl sites for hydroxylation is 1. The minimum atomic E-state index is -3.66. The van der Waals surface area contributed by atoms with Crippen molar-refractivity contribution in [2.24, 2.45) is 0 Å². The van der Waals surface area contributed by atoms with Crippen LogP contribution in [-0.4, -0.2) is 53.0 Å². The molecule has 8 nitrogen and oxygen atoms in total. The van der Waals surface area contributed by atoms with E-state index >= 15 is 0 Å². The van der Waals surface area contributed by atoms with Crippen molar-refractivity contribution in [2.75, 3.05) is 36.9 Å². The van der Waals surface area contributed by atoms with Gasteiger partial charge in [0.25, 0.3) is 0 Å². The predicted octanol–water partition coefficient (Wildman–Crippen LogP) is 2.76. The van der Waals surface area contributed by atoms with E-state index < -0.39 is 10.0 Å². The van der Waals surface area contributed by atoms with Crippen LogP contribution in [0.3, 0.4) is 0 Å². The second-order valence-electron chi connectivity index (χ2n) is 7.86. The maximum absolute atomic E-state index is 12.4. The van der Waals surface area contributed by atoms with Crippen molar-refractivity contribution in [1.29, 1.82) is 0 Å². The highest BCUT2D eigenvalue weighted by Crippen LogP contribution is 2.34. The van der Waals surface area contributed by atoms with Gasteiger partial charge in [-0.05, 0) is 56.5 Å². The van der Waals surface area contributed by atoms with Gasteiger partial charge < -0.3 is 19.5 Å². The fourth-order valence-electron chi connectivity index (χ4n) is 3.30. The third-order valence-electron chi connectivity index (χ3n) is 4.76. The maximum atomic E-state index is 12.4. The van der Waals surface area contributed by atoms with Crippen LogP contribution < -0.4 is 23.8 Å². The fraction of sp³-hybridized carbons (Fsp3) is 0.435. The number of fused-ring (bicyclic) bond motifs is 1. The van der Waals surface area contributed by atoms with E-state index in [1.165, 1.54) is 0 Å². The second-order valence-corrected chi connectivity index (χ2v) is 9.77. The maximum Gasteiger partial charge on any atom is 0.240 e.